The molecule has 5 nitrogen and oxygen atoms in total. The van der Waals surface area contributed by atoms with Gasteiger partial charge in [-0.15, -0.1) is 5.10 Å². The third kappa shape index (κ3) is 3.14. The molecule has 0 bridgehead atoms. The van der Waals surface area contributed by atoms with Crippen molar-refractivity contribution in [1.82, 2.24) is 14.6 Å². The fourth-order valence-electron chi connectivity index (χ4n) is 3.18. The molecule has 0 amide bonds. The van der Waals surface area contributed by atoms with Crippen molar-refractivity contribution in [2.45, 2.75) is 37.8 Å². The number of benzene rings is 1. The van der Waals surface area contributed by atoms with Gasteiger partial charge in [-0.05, 0) is 49.9 Å². The number of hydrogen-bond donors (Lipinski definition) is 1. The lowest BCUT2D eigenvalue weighted by Crippen LogP contribution is -2.30. The molecule has 2 aromatic heterocycles. The van der Waals surface area contributed by atoms with Crippen LogP contribution in [0.15, 0.2) is 30.5 Å². The fraction of sp³-hybridized carbons (Fsp3) is 0.412. The van der Waals surface area contributed by atoms with Gasteiger partial charge in [-0.3, -0.25) is 0 Å². The Morgan fingerprint density at radius 3 is 2.88 bits per heavy atom. The van der Waals surface area contributed by atoms with Crippen LogP contribution in [0.3, 0.4) is 0 Å². The van der Waals surface area contributed by atoms with Crippen molar-refractivity contribution in [3.05, 3.63) is 36.3 Å². The third-order valence-electron chi connectivity index (χ3n) is 4.47. The standard InChI is InChI=1S/C17H19FN4OS/c1-23-14-4-2-3-13(9-14)19-16-21-22-10-15(20-17(22)24-16)11-5-7-12(18)8-6-11/h5-8,10,13-14H,2-4,9H2,1H3,(H,19,21). The van der Waals surface area contributed by atoms with E-state index in [9.17, 15) is 4.39 Å². The zero-order chi connectivity index (χ0) is 16.5. The van der Waals surface area contributed by atoms with Gasteiger partial charge in [-0.1, -0.05) is 11.3 Å². The summed E-state index contributed by atoms with van der Waals surface area (Å²) in [5.74, 6) is -0.244. The summed E-state index contributed by atoms with van der Waals surface area (Å²) in [6.07, 6.45) is 6.68. The Kier molecular flexibility index (Phi) is 4.20. The van der Waals surface area contributed by atoms with E-state index >= 15 is 0 Å². The molecule has 1 aliphatic rings. The highest BCUT2D eigenvalue weighted by molar-refractivity contribution is 7.20. The summed E-state index contributed by atoms with van der Waals surface area (Å²) in [5, 5.41) is 8.95. The zero-order valence-electron chi connectivity index (χ0n) is 13.4. The van der Waals surface area contributed by atoms with E-state index < -0.39 is 0 Å². The van der Waals surface area contributed by atoms with E-state index in [0.29, 0.717) is 12.1 Å². The summed E-state index contributed by atoms with van der Waals surface area (Å²) in [5.41, 5.74) is 1.69. The van der Waals surface area contributed by atoms with Crippen LogP contribution in [0.4, 0.5) is 9.52 Å². The molecule has 126 valence electrons. The molecule has 2 heterocycles. The number of hydrogen-bond acceptors (Lipinski definition) is 5. The molecule has 7 heteroatoms. The number of ether oxygens (including phenoxy) is 1. The Balaban J connectivity index is 1.50. The molecule has 0 radical (unpaired) electrons. The lowest BCUT2D eigenvalue weighted by atomic mass is 9.93. The number of methoxy groups -OCH3 is 1. The largest absolute Gasteiger partial charge is 0.381 e. The van der Waals surface area contributed by atoms with Crippen LogP contribution in [0.25, 0.3) is 16.2 Å². The molecule has 24 heavy (non-hydrogen) atoms. The van der Waals surface area contributed by atoms with Crippen molar-refractivity contribution in [2.75, 3.05) is 12.4 Å². The van der Waals surface area contributed by atoms with Crippen LogP contribution in [0.1, 0.15) is 25.7 Å². The van der Waals surface area contributed by atoms with E-state index in [0.717, 1.165) is 40.6 Å². The Morgan fingerprint density at radius 2 is 2.12 bits per heavy atom. The molecule has 1 saturated carbocycles. The molecule has 0 saturated heterocycles. The van der Waals surface area contributed by atoms with Crippen molar-refractivity contribution in [3.63, 3.8) is 0 Å². The topological polar surface area (TPSA) is 51.5 Å². The first kappa shape index (κ1) is 15.5. The third-order valence-corrected chi connectivity index (χ3v) is 5.32. The van der Waals surface area contributed by atoms with Gasteiger partial charge in [0.15, 0.2) is 0 Å². The number of imidazole rings is 1. The van der Waals surface area contributed by atoms with Gasteiger partial charge in [0, 0.05) is 18.7 Å². The van der Waals surface area contributed by atoms with Crippen LogP contribution < -0.4 is 5.32 Å². The van der Waals surface area contributed by atoms with E-state index in [2.05, 4.69) is 15.4 Å². The van der Waals surface area contributed by atoms with Gasteiger partial charge in [-0.2, -0.15) is 0 Å². The van der Waals surface area contributed by atoms with E-state index in [1.165, 1.54) is 29.9 Å². The molecule has 0 spiro atoms. The quantitative estimate of drug-likeness (QED) is 0.777. The number of anilines is 1. The fourth-order valence-corrected chi connectivity index (χ4v) is 4.04. The Morgan fingerprint density at radius 1 is 1.29 bits per heavy atom. The van der Waals surface area contributed by atoms with Crippen molar-refractivity contribution in [1.29, 1.82) is 0 Å². The molecule has 2 unspecified atom stereocenters. The van der Waals surface area contributed by atoms with Crippen molar-refractivity contribution in [2.24, 2.45) is 0 Å². The second-order valence-electron chi connectivity index (χ2n) is 6.13. The molecule has 3 aromatic rings. The summed E-state index contributed by atoms with van der Waals surface area (Å²) in [6.45, 7) is 0. The second kappa shape index (κ2) is 6.49. The minimum absolute atomic E-state index is 0.244. The number of halogens is 1. The molecular weight excluding hydrogens is 327 g/mol. The highest BCUT2D eigenvalue weighted by atomic mass is 32.1. The van der Waals surface area contributed by atoms with Crippen molar-refractivity contribution >= 4 is 21.4 Å². The van der Waals surface area contributed by atoms with E-state index in [4.69, 9.17) is 4.74 Å². The Hall–Kier alpha value is -1.99. The lowest BCUT2D eigenvalue weighted by Gasteiger charge is -2.28. The van der Waals surface area contributed by atoms with Gasteiger partial charge in [0.1, 0.15) is 5.82 Å². The minimum Gasteiger partial charge on any atom is -0.381 e. The van der Waals surface area contributed by atoms with Gasteiger partial charge in [-0.25, -0.2) is 13.9 Å². The van der Waals surface area contributed by atoms with Gasteiger partial charge >= 0.3 is 0 Å². The van der Waals surface area contributed by atoms with E-state index in [1.807, 2.05) is 6.20 Å². The number of nitrogens with zero attached hydrogens (tertiary/aromatic N) is 3. The van der Waals surface area contributed by atoms with E-state index in [-0.39, 0.29) is 5.82 Å². The molecule has 1 fully saturated rings. The van der Waals surface area contributed by atoms with Gasteiger partial charge in [0.05, 0.1) is 18.0 Å². The average molecular weight is 346 g/mol. The molecule has 1 N–H and O–H groups in total. The molecule has 0 aliphatic heterocycles. The van der Waals surface area contributed by atoms with Crippen LogP contribution in [0, 0.1) is 5.82 Å². The SMILES string of the molecule is COC1CCCC(Nc2nn3cc(-c4ccc(F)cc4)nc3s2)C1. The molecule has 4 rings (SSSR count). The summed E-state index contributed by atoms with van der Waals surface area (Å²) in [6, 6.07) is 6.75. The maximum absolute atomic E-state index is 13.0. The lowest BCUT2D eigenvalue weighted by molar-refractivity contribution is 0.0669. The monoisotopic (exact) mass is 346 g/mol. The maximum atomic E-state index is 13.0. The minimum atomic E-state index is -0.244. The first-order chi connectivity index (χ1) is 11.7. The Labute approximate surface area is 143 Å². The average Bonchev–Trinajstić information content (AvgIpc) is 3.14. The van der Waals surface area contributed by atoms with Crippen molar-refractivity contribution in [3.8, 4) is 11.3 Å². The van der Waals surface area contributed by atoms with Crippen LogP contribution in [-0.4, -0.2) is 33.9 Å². The number of nitrogens with one attached hydrogen (secondary N) is 1. The number of fused-ring (bicyclic) bond motifs is 1. The van der Waals surface area contributed by atoms with Crippen LogP contribution >= 0.6 is 11.3 Å². The number of rotatable bonds is 4. The predicted molar refractivity (Wildman–Crippen MR) is 92.9 cm³/mol. The second-order valence-corrected chi connectivity index (χ2v) is 7.09. The predicted octanol–water partition coefficient (Wildman–Crippen LogP) is 3.97. The van der Waals surface area contributed by atoms with Gasteiger partial charge < -0.3 is 10.1 Å². The Bertz CT molecular complexity index is 797. The molecule has 1 aliphatic carbocycles. The van der Waals surface area contributed by atoms with Gasteiger partial charge in [0.2, 0.25) is 10.1 Å². The zero-order valence-corrected chi connectivity index (χ0v) is 14.2. The maximum Gasteiger partial charge on any atom is 0.214 e. The molecular formula is C17H19FN4OS. The smallest absolute Gasteiger partial charge is 0.214 e. The molecule has 2 atom stereocenters. The summed E-state index contributed by atoms with van der Waals surface area (Å²) < 4.78 is 20.3. The number of aromatic nitrogens is 3. The first-order valence-corrected chi connectivity index (χ1v) is 8.94. The summed E-state index contributed by atoms with van der Waals surface area (Å²) in [4.78, 5) is 5.42. The van der Waals surface area contributed by atoms with Crippen molar-refractivity contribution < 1.29 is 9.13 Å². The summed E-state index contributed by atoms with van der Waals surface area (Å²) in [7, 11) is 1.78. The van der Waals surface area contributed by atoms with E-state index in [1.54, 1.807) is 23.8 Å². The van der Waals surface area contributed by atoms with Gasteiger partial charge in [0.25, 0.3) is 0 Å². The highest BCUT2D eigenvalue weighted by Crippen LogP contribution is 2.28. The van der Waals surface area contributed by atoms with Crippen LogP contribution in [0.2, 0.25) is 0 Å². The van der Waals surface area contributed by atoms with Crippen LogP contribution in [-0.2, 0) is 4.74 Å². The normalized spacial score (nSPS) is 21.2. The summed E-state index contributed by atoms with van der Waals surface area (Å²) >= 11 is 1.53. The van der Waals surface area contributed by atoms with Crippen LogP contribution in [0.5, 0.6) is 0 Å². The highest BCUT2D eigenvalue weighted by Gasteiger charge is 2.22. The molecule has 1 aromatic carbocycles. The first-order valence-electron chi connectivity index (χ1n) is 8.13.